The van der Waals surface area contributed by atoms with Crippen molar-refractivity contribution in [3.05, 3.63) is 36.0 Å². The van der Waals surface area contributed by atoms with Gasteiger partial charge >= 0.3 is 5.97 Å². The molecule has 0 saturated heterocycles. The number of amides is 1. The monoisotopic (exact) mass is 256 g/mol. The Morgan fingerprint density at radius 3 is 2.95 bits per heavy atom. The fraction of sp³-hybridized carbons (Fsp3) is 0.214. The lowest BCUT2D eigenvalue weighted by Crippen LogP contribution is -2.36. The smallest absolute Gasteiger partial charge is 0.313 e. The van der Waals surface area contributed by atoms with Gasteiger partial charge < -0.3 is 10.1 Å². The van der Waals surface area contributed by atoms with Gasteiger partial charge in [-0.3, -0.25) is 9.59 Å². The number of pyridine rings is 1. The quantitative estimate of drug-likeness (QED) is 0.575. The number of carbonyl (C=O) groups excluding carboxylic acids is 2. The van der Waals surface area contributed by atoms with Gasteiger partial charge in [-0.05, 0) is 19.1 Å². The van der Waals surface area contributed by atoms with E-state index in [9.17, 15) is 9.59 Å². The van der Waals surface area contributed by atoms with Crippen molar-refractivity contribution in [3.63, 3.8) is 0 Å². The molecule has 2 heterocycles. The first kappa shape index (κ1) is 11.6. The van der Waals surface area contributed by atoms with Gasteiger partial charge in [-0.2, -0.15) is 0 Å². The standard InChI is InChI=1S/C14H12N2O3/c1-8-7-12(17)19-11-4-2-3-9-5-6-10(14(18)15-8)16-13(9)11/h2-6,8H,7H2,1H3,(H,15,18). The molecule has 5 nitrogen and oxygen atoms in total. The van der Waals surface area contributed by atoms with Crippen LogP contribution in [0, 0.1) is 0 Å². The zero-order valence-electron chi connectivity index (χ0n) is 10.3. The predicted molar refractivity (Wildman–Crippen MR) is 68.9 cm³/mol. The maximum atomic E-state index is 12.0. The van der Waals surface area contributed by atoms with Gasteiger partial charge in [0.15, 0.2) is 5.75 Å². The molecule has 0 aliphatic carbocycles. The number of rotatable bonds is 0. The van der Waals surface area contributed by atoms with Crippen molar-refractivity contribution in [2.24, 2.45) is 0 Å². The van der Waals surface area contributed by atoms with Crippen LogP contribution in [-0.4, -0.2) is 22.9 Å². The second-order valence-electron chi connectivity index (χ2n) is 4.58. The van der Waals surface area contributed by atoms with Crippen LogP contribution in [-0.2, 0) is 4.79 Å². The van der Waals surface area contributed by atoms with E-state index in [0.717, 1.165) is 5.39 Å². The molecule has 1 aliphatic rings. The summed E-state index contributed by atoms with van der Waals surface area (Å²) in [4.78, 5) is 28.0. The van der Waals surface area contributed by atoms with Crippen molar-refractivity contribution in [3.8, 4) is 5.75 Å². The molecule has 0 radical (unpaired) electrons. The second-order valence-corrected chi connectivity index (χ2v) is 4.58. The van der Waals surface area contributed by atoms with Gasteiger partial charge in [-0.25, -0.2) is 4.98 Å². The van der Waals surface area contributed by atoms with Crippen molar-refractivity contribution < 1.29 is 14.3 Å². The highest BCUT2D eigenvalue weighted by molar-refractivity contribution is 5.97. The Hall–Kier alpha value is -2.43. The van der Waals surface area contributed by atoms with Gasteiger partial charge in [0.05, 0.1) is 6.42 Å². The molecule has 0 fully saturated rings. The second kappa shape index (κ2) is 4.35. The van der Waals surface area contributed by atoms with Crippen LogP contribution in [0.15, 0.2) is 30.3 Å². The highest BCUT2D eigenvalue weighted by Gasteiger charge is 2.19. The lowest BCUT2D eigenvalue weighted by atomic mass is 10.1. The Labute approximate surface area is 109 Å². The van der Waals surface area contributed by atoms with Gasteiger partial charge in [0.1, 0.15) is 11.2 Å². The average molecular weight is 256 g/mol. The summed E-state index contributed by atoms with van der Waals surface area (Å²) in [6, 6.07) is 8.50. The summed E-state index contributed by atoms with van der Waals surface area (Å²) < 4.78 is 5.31. The molecule has 1 aromatic heterocycles. The minimum Gasteiger partial charge on any atom is -0.424 e. The van der Waals surface area contributed by atoms with Crippen molar-refractivity contribution >= 4 is 22.8 Å². The molecule has 1 unspecified atom stereocenters. The number of esters is 1. The average Bonchev–Trinajstić information content (AvgIpc) is 2.37. The maximum Gasteiger partial charge on any atom is 0.313 e. The summed E-state index contributed by atoms with van der Waals surface area (Å²) >= 11 is 0. The van der Waals surface area contributed by atoms with E-state index in [-0.39, 0.29) is 24.3 Å². The number of carbonyl (C=O) groups is 2. The number of aromatic nitrogens is 1. The molecular weight excluding hydrogens is 244 g/mol. The number of para-hydroxylation sites is 1. The molecule has 1 aromatic carbocycles. The summed E-state index contributed by atoms with van der Waals surface area (Å²) in [7, 11) is 0. The van der Waals surface area contributed by atoms with Crippen LogP contribution in [0.3, 0.4) is 0 Å². The molecule has 5 heteroatoms. The van der Waals surface area contributed by atoms with Crippen molar-refractivity contribution in [2.75, 3.05) is 0 Å². The Morgan fingerprint density at radius 2 is 2.11 bits per heavy atom. The van der Waals surface area contributed by atoms with Crippen LogP contribution in [0.4, 0.5) is 0 Å². The van der Waals surface area contributed by atoms with E-state index in [0.29, 0.717) is 17.0 Å². The lowest BCUT2D eigenvalue weighted by Gasteiger charge is -2.16. The predicted octanol–water partition coefficient (Wildman–Crippen LogP) is 1.66. The highest BCUT2D eigenvalue weighted by Crippen LogP contribution is 2.25. The first-order valence-corrected chi connectivity index (χ1v) is 6.05. The Kier molecular flexibility index (Phi) is 2.67. The van der Waals surface area contributed by atoms with E-state index in [2.05, 4.69) is 10.3 Å². The van der Waals surface area contributed by atoms with Crippen LogP contribution in [0.25, 0.3) is 10.9 Å². The SMILES string of the molecule is CC1CC(=O)Oc2cccc3ccc(nc23)C(=O)N1. The largest absolute Gasteiger partial charge is 0.424 e. The van der Waals surface area contributed by atoms with Crippen molar-refractivity contribution in [1.29, 1.82) is 0 Å². The third-order valence-corrected chi connectivity index (χ3v) is 2.99. The summed E-state index contributed by atoms with van der Waals surface area (Å²) in [5, 5.41) is 3.55. The molecule has 2 bridgehead atoms. The number of hydrogen-bond donors (Lipinski definition) is 1. The molecule has 1 aliphatic heterocycles. The van der Waals surface area contributed by atoms with Crippen LogP contribution in [0.1, 0.15) is 23.8 Å². The maximum absolute atomic E-state index is 12.0. The lowest BCUT2D eigenvalue weighted by molar-refractivity contribution is -0.134. The van der Waals surface area contributed by atoms with Crippen molar-refractivity contribution in [2.45, 2.75) is 19.4 Å². The first-order valence-electron chi connectivity index (χ1n) is 6.05. The number of benzene rings is 1. The summed E-state index contributed by atoms with van der Waals surface area (Å²) in [6.07, 6.45) is 0.131. The molecule has 96 valence electrons. The minimum atomic E-state index is -0.380. The van der Waals surface area contributed by atoms with Crippen LogP contribution < -0.4 is 10.1 Å². The molecule has 2 aromatic rings. The molecule has 1 N–H and O–H groups in total. The van der Waals surface area contributed by atoms with Crippen molar-refractivity contribution in [1.82, 2.24) is 10.3 Å². The molecule has 19 heavy (non-hydrogen) atoms. The third kappa shape index (κ3) is 2.14. The number of nitrogens with zero attached hydrogens (tertiary/aromatic N) is 1. The van der Waals surface area contributed by atoms with Gasteiger partial charge in [0.2, 0.25) is 0 Å². The van der Waals surface area contributed by atoms with E-state index in [1.54, 1.807) is 31.2 Å². The first-order chi connectivity index (χ1) is 9.13. The molecule has 3 rings (SSSR count). The third-order valence-electron chi connectivity index (χ3n) is 2.99. The Bertz CT molecular complexity index is 681. The normalized spacial score (nSPS) is 19.1. The Morgan fingerprint density at radius 1 is 1.26 bits per heavy atom. The van der Waals surface area contributed by atoms with Crippen LogP contribution in [0.5, 0.6) is 5.75 Å². The fourth-order valence-corrected chi connectivity index (χ4v) is 2.09. The molecular formula is C14H12N2O3. The number of nitrogens with one attached hydrogen (secondary N) is 1. The number of fused-ring (bicyclic) bond motifs is 1. The zero-order valence-corrected chi connectivity index (χ0v) is 10.3. The van der Waals surface area contributed by atoms with E-state index in [4.69, 9.17) is 4.74 Å². The number of ether oxygens (including phenoxy) is 1. The van der Waals surface area contributed by atoms with Gasteiger partial charge in [0.25, 0.3) is 5.91 Å². The minimum absolute atomic E-state index is 0.131. The molecule has 1 amide bonds. The summed E-state index contributed by atoms with van der Waals surface area (Å²) in [6.45, 7) is 1.76. The van der Waals surface area contributed by atoms with Gasteiger partial charge in [-0.15, -0.1) is 0 Å². The number of hydrogen-bond acceptors (Lipinski definition) is 4. The Balaban J connectivity index is 2.22. The van der Waals surface area contributed by atoms with E-state index in [1.165, 1.54) is 0 Å². The van der Waals surface area contributed by atoms with Gasteiger partial charge in [-0.1, -0.05) is 18.2 Å². The molecule has 0 saturated carbocycles. The highest BCUT2D eigenvalue weighted by atomic mass is 16.5. The zero-order chi connectivity index (χ0) is 13.4. The molecule has 1 atom stereocenters. The van der Waals surface area contributed by atoms with E-state index in [1.807, 2.05) is 6.07 Å². The van der Waals surface area contributed by atoms with E-state index < -0.39 is 0 Å². The van der Waals surface area contributed by atoms with E-state index >= 15 is 0 Å². The topological polar surface area (TPSA) is 68.3 Å². The fourth-order valence-electron chi connectivity index (χ4n) is 2.09. The van der Waals surface area contributed by atoms with Crippen LogP contribution >= 0.6 is 0 Å². The summed E-state index contributed by atoms with van der Waals surface area (Å²) in [5.74, 6) is -0.264. The van der Waals surface area contributed by atoms with Crippen LogP contribution in [0.2, 0.25) is 0 Å². The van der Waals surface area contributed by atoms with Gasteiger partial charge in [0, 0.05) is 11.4 Å². The summed E-state index contributed by atoms with van der Waals surface area (Å²) in [5.41, 5.74) is 0.850. The molecule has 0 spiro atoms.